The first-order valence-electron chi connectivity index (χ1n) is 5.13. The van der Waals surface area contributed by atoms with Crippen LogP contribution in [0, 0.1) is 11.8 Å². The van der Waals surface area contributed by atoms with Gasteiger partial charge in [-0.3, -0.25) is 4.79 Å². The van der Waals surface area contributed by atoms with Crippen molar-refractivity contribution < 1.29 is 9.90 Å². The zero-order chi connectivity index (χ0) is 9.47. The fourth-order valence-corrected chi connectivity index (χ4v) is 2.45. The summed E-state index contributed by atoms with van der Waals surface area (Å²) in [4.78, 5) is 10.7. The molecule has 0 aromatic carbocycles. The Morgan fingerprint density at radius 3 is 2.15 bits per heavy atom. The lowest BCUT2D eigenvalue weighted by Crippen LogP contribution is -2.53. The van der Waals surface area contributed by atoms with Crippen molar-refractivity contribution in [2.75, 3.05) is 0 Å². The Morgan fingerprint density at radius 2 is 1.85 bits per heavy atom. The number of aliphatic carboxylic acids is 1. The van der Waals surface area contributed by atoms with E-state index in [-0.39, 0.29) is 12.0 Å². The quantitative estimate of drug-likeness (QED) is 0.692. The van der Waals surface area contributed by atoms with Gasteiger partial charge in [0, 0.05) is 5.54 Å². The second kappa shape index (κ2) is 2.98. The number of carbonyl (C=O) groups is 1. The SMILES string of the molecule is NC(CC(=O)O)(C1CCC1)C1CC1. The summed E-state index contributed by atoms with van der Waals surface area (Å²) in [6.07, 6.45) is 5.96. The van der Waals surface area contributed by atoms with Gasteiger partial charge in [0.15, 0.2) is 0 Å². The highest BCUT2D eigenvalue weighted by Crippen LogP contribution is 2.49. The van der Waals surface area contributed by atoms with Crippen molar-refractivity contribution in [2.24, 2.45) is 17.6 Å². The maximum Gasteiger partial charge on any atom is 0.305 e. The van der Waals surface area contributed by atoms with Gasteiger partial charge in [-0.05, 0) is 37.5 Å². The van der Waals surface area contributed by atoms with Gasteiger partial charge in [0.05, 0.1) is 6.42 Å². The Kier molecular flexibility index (Phi) is 2.06. The molecule has 0 radical (unpaired) electrons. The Hall–Kier alpha value is -0.570. The number of carboxylic acids is 1. The van der Waals surface area contributed by atoms with E-state index in [0.29, 0.717) is 11.8 Å². The van der Waals surface area contributed by atoms with Crippen molar-refractivity contribution in [2.45, 2.75) is 44.1 Å². The number of nitrogens with two attached hydrogens (primary N) is 1. The van der Waals surface area contributed by atoms with E-state index in [1.165, 1.54) is 6.42 Å². The lowest BCUT2D eigenvalue weighted by Gasteiger charge is -2.42. The average molecular weight is 183 g/mol. The normalized spacial score (nSPS) is 27.8. The van der Waals surface area contributed by atoms with Crippen LogP contribution in [0.1, 0.15) is 38.5 Å². The lowest BCUT2D eigenvalue weighted by molar-refractivity contribution is -0.139. The predicted octanol–water partition coefficient (Wildman–Crippen LogP) is 1.37. The van der Waals surface area contributed by atoms with Gasteiger partial charge in [-0.2, -0.15) is 0 Å². The Bertz CT molecular complexity index is 221. The highest BCUT2D eigenvalue weighted by atomic mass is 16.4. The van der Waals surface area contributed by atoms with Crippen LogP contribution in [-0.2, 0) is 4.79 Å². The van der Waals surface area contributed by atoms with Crippen LogP contribution in [0.3, 0.4) is 0 Å². The average Bonchev–Trinajstić information content (AvgIpc) is 2.57. The summed E-state index contributed by atoms with van der Waals surface area (Å²) < 4.78 is 0. The molecule has 0 spiro atoms. The molecule has 0 saturated heterocycles. The van der Waals surface area contributed by atoms with Gasteiger partial charge >= 0.3 is 5.97 Å². The van der Waals surface area contributed by atoms with E-state index in [4.69, 9.17) is 10.8 Å². The molecule has 0 bridgehead atoms. The standard InChI is InChI=1S/C10H17NO2/c11-10(6-9(12)13,8-4-5-8)7-2-1-3-7/h7-8H,1-6,11H2,(H,12,13). The molecule has 3 nitrogen and oxygen atoms in total. The zero-order valence-corrected chi connectivity index (χ0v) is 7.83. The molecule has 74 valence electrons. The molecule has 1 unspecified atom stereocenters. The van der Waals surface area contributed by atoms with E-state index < -0.39 is 5.97 Å². The van der Waals surface area contributed by atoms with Gasteiger partial charge in [-0.1, -0.05) is 6.42 Å². The minimum Gasteiger partial charge on any atom is -0.481 e. The molecular weight excluding hydrogens is 166 g/mol. The van der Waals surface area contributed by atoms with Gasteiger partial charge in [0.25, 0.3) is 0 Å². The molecule has 2 rings (SSSR count). The molecule has 2 aliphatic rings. The summed E-state index contributed by atoms with van der Waals surface area (Å²) in [5.41, 5.74) is 5.86. The molecule has 0 aromatic rings. The number of carboxylic acid groups (broad SMARTS) is 1. The second-order valence-electron chi connectivity index (χ2n) is 4.58. The largest absolute Gasteiger partial charge is 0.481 e. The molecule has 0 aliphatic heterocycles. The first-order valence-corrected chi connectivity index (χ1v) is 5.13. The third kappa shape index (κ3) is 1.57. The maximum absolute atomic E-state index is 10.7. The van der Waals surface area contributed by atoms with Gasteiger partial charge in [0.2, 0.25) is 0 Å². The molecule has 1 atom stereocenters. The van der Waals surface area contributed by atoms with Gasteiger partial charge < -0.3 is 10.8 Å². The first-order chi connectivity index (χ1) is 6.13. The first kappa shape index (κ1) is 9.00. The molecule has 13 heavy (non-hydrogen) atoms. The van der Waals surface area contributed by atoms with E-state index >= 15 is 0 Å². The molecule has 2 aliphatic carbocycles. The molecule has 2 saturated carbocycles. The molecule has 0 amide bonds. The van der Waals surface area contributed by atoms with Crippen LogP contribution in [0.25, 0.3) is 0 Å². The second-order valence-corrected chi connectivity index (χ2v) is 4.58. The van der Waals surface area contributed by atoms with E-state index in [9.17, 15) is 4.79 Å². The third-order valence-corrected chi connectivity index (χ3v) is 3.66. The van der Waals surface area contributed by atoms with Crippen LogP contribution in [0.15, 0.2) is 0 Å². The highest BCUT2D eigenvalue weighted by Gasteiger charge is 2.50. The van der Waals surface area contributed by atoms with Crippen LogP contribution in [0.4, 0.5) is 0 Å². The molecular formula is C10H17NO2. The van der Waals surface area contributed by atoms with Crippen LogP contribution in [0.2, 0.25) is 0 Å². The van der Waals surface area contributed by atoms with Crippen molar-refractivity contribution in [1.29, 1.82) is 0 Å². The van der Waals surface area contributed by atoms with Gasteiger partial charge in [-0.15, -0.1) is 0 Å². The monoisotopic (exact) mass is 183 g/mol. The van der Waals surface area contributed by atoms with Crippen LogP contribution >= 0.6 is 0 Å². The van der Waals surface area contributed by atoms with Crippen LogP contribution in [-0.4, -0.2) is 16.6 Å². The molecule has 3 heteroatoms. The number of rotatable bonds is 4. The fraction of sp³-hybridized carbons (Fsp3) is 0.900. The number of hydrogen-bond acceptors (Lipinski definition) is 2. The Morgan fingerprint density at radius 1 is 1.31 bits per heavy atom. The van der Waals surface area contributed by atoms with E-state index in [2.05, 4.69) is 0 Å². The lowest BCUT2D eigenvalue weighted by atomic mass is 9.67. The van der Waals surface area contributed by atoms with E-state index in [0.717, 1.165) is 25.7 Å². The van der Waals surface area contributed by atoms with E-state index in [1.54, 1.807) is 0 Å². The van der Waals surface area contributed by atoms with E-state index in [1.807, 2.05) is 0 Å². The molecule has 0 aromatic heterocycles. The molecule has 3 N–H and O–H groups in total. The summed E-state index contributed by atoms with van der Waals surface area (Å²) in [5, 5.41) is 8.81. The van der Waals surface area contributed by atoms with Gasteiger partial charge in [0.1, 0.15) is 0 Å². The zero-order valence-electron chi connectivity index (χ0n) is 7.83. The highest BCUT2D eigenvalue weighted by molar-refractivity contribution is 5.68. The summed E-state index contributed by atoms with van der Waals surface area (Å²) in [6, 6.07) is 0. The van der Waals surface area contributed by atoms with Crippen molar-refractivity contribution in [3.05, 3.63) is 0 Å². The van der Waals surface area contributed by atoms with Crippen molar-refractivity contribution >= 4 is 5.97 Å². The predicted molar refractivity (Wildman–Crippen MR) is 49.2 cm³/mol. The summed E-state index contributed by atoms with van der Waals surface area (Å²) in [7, 11) is 0. The van der Waals surface area contributed by atoms with Crippen LogP contribution in [0.5, 0.6) is 0 Å². The molecule has 0 heterocycles. The topological polar surface area (TPSA) is 63.3 Å². The molecule has 2 fully saturated rings. The maximum atomic E-state index is 10.7. The van der Waals surface area contributed by atoms with Crippen molar-refractivity contribution in [3.63, 3.8) is 0 Å². The minimum atomic E-state index is -0.735. The van der Waals surface area contributed by atoms with Crippen LogP contribution < -0.4 is 5.73 Å². The van der Waals surface area contributed by atoms with Gasteiger partial charge in [-0.25, -0.2) is 0 Å². The Balaban J connectivity index is 2.04. The smallest absolute Gasteiger partial charge is 0.305 e. The Labute approximate surface area is 78.3 Å². The van der Waals surface area contributed by atoms with Crippen molar-refractivity contribution in [1.82, 2.24) is 0 Å². The summed E-state index contributed by atoms with van der Waals surface area (Å²) >= 11 is 0. The number of hydrogen-bond donors (Lipinski definition) is 2. The van der Waals surface area contributed by atoms with Crippen molar-refractivity contribution in [3.8, 4) is 0 Å². The third-order valence-electron chi connectivity index (χ3n) is 3.66. The fourth-order valence-electron chi connectivity index (χ4n) is 2.45. The summed E-state index contributed by atoms with van der Waals surface area (Å²) in [5.74, 6) is 0.242. The minimum absolute atomic E-state index is 0.169. The summed E-state index contributed by atoms with van der Waals surface area (Å²) in [6.45, 7) is 0.